The van der Waals surface area contributed by atoms with Gasteiger partial charge in [0.25, 0.3) is 0 Å². The first-order chi connectivity index (χ1) is 15.0. The first kappa shape index (κ1) is 20.9. The van der Waals surface area contributed by atoms with Crippen molar-refractivity contribution in [2.24, 2.45) is 0 Å². The quantitative estimate of drug-likeness (QED) is 0.268. The summed E-state index contributed by atoms with van der Waals surface area (Å²) in [6.45, 7) is 4.37. The number of hydrogen-bond donors (Lipinski definition) is 0. The molecule has 4 nitrogen and oxygen atoms in total. The van der Waals surface area contributed by atoms with Crippen molar-refractivity contribution in [2.45, 2.75) is 20.4 Å². The van der Waals surface area contributed by atoms with Crippen molar-refractivity contribution < 1.29 is 9.53 Å². The number of fused-ring (bicyclic) bond motifs is 1. The van der Waals surface area contributed by atoms with E-state index in [4.69, 9.17) is 16.3 Å². The van der Waals surface area contributed by atoms with E-state index in [9.17, 15) is 4.79 Å². The smallest absolute Gasteiger partial charge is 0.185 e. The van der Waals surface area contributed by atoms with Crippen molar-refractivity contribution in [3.8, 4) is 5.75 Å². The van der Waals surface area contributed by atoms with Gasteiger partial charge < -0.3 is 4.74 Å². The molecule has 1 heterocycles. The van der Waals surface area contributed by atoms with Crippen LogP contribution in [-0.2, 0) is 6.54 Å². The van der Waals surface area contributed by atoms with Crippen molar-refractivity contribution >= 4 is 34.2 Å². The minimum Gasteiger partial charge on any atom is -0.496 e. The third kappa shape index (κ3) is 4.39. The summed E-state index contributed by atoms with van der Waals surface area (Å²) in [6.07, 6.45) is 3.44. The van der Waals surface area contributed by atoms with Crippen LogP contribution in [0.4, 0.5) is 0 Å². The molecule has 0 bridgehead atoms. The minimum absolute atomic E-state index is 0.0338. The summed E-state index contributed by atoms with van der Waals surface area (Å²) >= 11 is 6.29. The second-order valence-corrected chi connectivity index (χ2v) is 7.85. The lowest BCUT2D eigenvalue weighted by Crippen LogP contribution is -2.06. The molecule has 4 rings (SSSR count). The van der Waals surface area contributed by atoms with Crippen LogP contribution in [0.1, 0.15) is 32.9 Å². The summed E-state index contributed by atoms with van der Waals surface area (Å²) in [7, 11) is 1.64. The molecule has 1 aromatic heterocycles. The molecule has 4 aromatic rings. The van der Waals surface area contributed by atoms with Crippen LogP contribution in [-0.4, -0.2) is 22.7 Å². The van der Waals surface area contributed by atoms with Crippen LogP contribution in [0, 0.1) is 13.8 Å². The molecule has 0 radical (unpaired) electrons. The van der Waals surface area contributed by atoms with Gasteiger partial charge in [0.05, 0.1) is 30.1 Å². The number of aryl methyl sites for hydroxylation is 1. The Bertz CT molecular complexity index is 1300. The standard InChI is InChI=1S/C26H23ClN2O2/c1-17-26(27)18(2)29(28-17)16-23-14-19(9-13-25(23)31-3)8-12-24(30)22-11-10-20-6-4-5-7-21(20)15-22/h4-15H,16H2,1-3H3/b12-8+. The average Bonchev–Trinajstić information content (AvgIpc) is 3.03. The van der Waals surface area contributed by atoms with E-state index in [0.29, 0.717) is 17.1 Å². The Kier molecular flexibility index (Phi) is 5.92. The third-order valence-corrected chi connectivity index (χ3v) is 5.93. The van der Waals surface area contributed by atoms with E-state index in [2.05, 4.69) is 5.10 Å². The fraction of sp³-hybridized carbons (Fsp3) is 0.154. The number of hydrogen-bond acceptors (Lipinski definition) is 3. The molecule has 5 heteroatoms. The van der Waals surface area contributed by atoms with Gasteiger partial charge in [-0.05, 0) is 54.5 Å². The Morgan fingerprint density at radius 3 is 2.55 bits per heavy atom. The number of ether oxygens (including phenoxy) is 1. The molecule has 0 amide bonds. The van der Waals surface area contributed by atoms with Crippen molar-refractivity contribution in [3.63, 3.8) is 0 Å². The molecular weight excluding hydrogens is 408 g/mol. The predicted molar refractivity (Wildman–Crippen MR) is 126 cm³/mol. The van der Waals surface area contributed by atoms with Gasteiger partial charge in [-0.3, -0.25) is 9.48 Å². The fourth-order valence-electron chi connectivity index (χ4n) is 3.63. The first-order valence-electron chi connectivity index (χ1n) is 10.0. The summed E-state index contributed by atoms with van der Waals surface area (Å²) in [5, 5.41) is 7.35. The van der Waals surface area contributed by atoms with Crippen LogP contribution >= 0.6 is 11.6 Å². The number of aromatic nitrogens is 2. The molecule has 0 aliphatic heterocycles. The first-order valence-corrected chi connectivity index (χ1v) is 10.4. The summed E-state index contributed by atoms with van der Waals surface area (Å²) < 4.78 is 7.38. The van der Waals surface area contributed by atoms with Crippen LogP contribution in [0.5, 0.6) is 5.75 Å². The van der Waals surface area contributed by atoms with Crippen LogP contribution in [0.25, 0.3) is 16.8 Å². The van der Waals surface area contributed by atoms with Gasteiger partial charge in [-0.1, -0.05) is 60.1 Å². The van der Waals surface area contributed by atoms with E-state index in [1.165, 1.54) is 0 Å². The highest BCUT2D eigenvalue weighted by molar-refractivity contribution is 6.31. The molecular formula is C26H23ClN2O2. The largest absolute Gasteiger partial charge is 0.496 e. The van der Waals surface area contributed by atoms with Crippen molar-refractivity contribution in [3.05, 3.63) is 99.8 Å². The molecule has 0 aliphatic rings. The number of halogens is 1. The maximum Gasteiger partial charge on any atom is 0.185 e. The molecule has 0 atom stereocenters. The minimum atomic E-state index is -0.0338. The molecule has 0 saturated carbocycles. The zero-order valence-electron chi connectivity index (χ0n) is 17.7. The number of allylic oxidation sites excluding steroid dienone is 1. The molecule has 0 fully saturated rings. The second-order valence-electron chi connectivity index (χ2n) is 7.47. The topological polar surface area (TPSA) is 44.1 Å². The van der Waals surface area contributed by atoms with Crippen LogP contribution < -0.4 is 4.74 Å². The zero-order chi connectivity index (χ0) is 22.0. The van der Waals surface area contributed by atoms with Gasteiger partial charge >= 0.3 is 0 Å². The monoisotopic (exact) mass is 430 g/mol. The Hall–Kier alpha value is -3.37. The third-order valence-electron chi connectivity index (χ3n) is 5.38. The normalized spacial score (nSPS) is 11.4. The number of ketones is 1. The molecule has 0 aliphatic carbocycles. The summed E-state index contributed by atoms with van der Waals surface area (Å²) in [6, 6.07) is 19.6. The van der Waals surface area contributed by atoms with Crippen molar-refractivity contribution in [1.82, 2.24) is 9.78 Å². The lowest BCUT2D eigenvalue weighted by molar-refractivity contribution is 0.104. The fourth-order valence-corrected chi connectivity index (χ4v) is 3.76. The Balaban J connectivity index is 1.58. The number of carbonyl (C=O) groups is 1. The highest BCUT2D eigenvalue weighted by Gasteiger charge is 2.12. The van der Waals surface area contributed by atoms with E-state index in [1.54, 1.807) is 13.2 Å². The van der Waals surface area contributed by atoms with E-state index >= 15 is 0 Å². The molecule has 0 N–H and O–H groups in total. The molecule has 156 valence electrons. The zero-order valence-corrected chi connectivity index (χ0v) is 18.5. The van der Waals surface area contributed by atoms with Gasteiger partial charge in [-0.25, -0.2) is 0 Å². The number of benzene rings is 3. The Labute approximate surface area is 186 Å². The van der Waals surface area contributed by atoms with Gasteiger partial charge in [0.15, 0.2) is 5.78 Å². The highest BCUT2D eigenvalue weighted by Crippen LogP contribution is 2.25. The lowest BCUT2D eigenvalue weighted by atomic mass is 10.0. The van der Waals surface area contributed by atoms with Gasteiger partial charge in [0, 0.05) is 11.1 Å². The summed E-state index contributed by atoms with van der Waals surface area (Å²) in [5.41, 5.74) is 4.26. The number of carbonyl (C=O) groups excluding carboxylic acids is 1. The van der Waals surface area contributed by atoms with Crippen molar-refractivity contribution in [1.29, 1.82) is 0 Å². The van der Waals surface area contributed by atoms with E-state index < -0.39 is 0 Å². The summed E-state index contributed by atoms with van der Waals surface area (Å²) in [5.74, 6) is 0.732. The Morgan fingerprint density at radius 2 is 1.84 bits per heavy atom. The molecule has 3 aromatic carbocycles. The molecule has 0 saturated heterocycles. The molecule has 0 unspecified atom stereocenters. The van der Waals surface area contributed by atoms with Crippen LogP contribution in [0.3, 0.4) is 0 Å². The molecule has 0 spiro atoms. The van der Waals surface area contributed by atoms with Crippen LogP contribution in [0.15, 0.2) is 66.7 Å². The van der Waals surface area contributed by atoms with Gasteiger partial charge in [0.1, 0.15) is 5.75 Å². The van der Waals surface area contributed by atoms with Gasteiger partial charge in [-0.15, -0.1) is 0 Å². The van der Waals surface area contributed by atoms with E-state index in [1.807, 2.05) is 85.3 Å². The maximum atomic E-state index is 12.7. The second kappa shape index (κ2) is 8.78. The predicted octanol–water partition coefficient (Wildman–Crippen LogP) is 6.26. The van der Waals surface area contributed by atoms with E-state index in [-0.39, 0.29) is 5.78 Å². The molecule has 31 heavy (non-hydrogen) atoms. The summed E-state index contributed by atoms with van der Waals surface area (Å²) in [4.78, 5) is 12.7. The van der Waals surface area contributed by atoms with Gasteiger partial charge in [0.2, 0.25) is 0 Å². The average molecular weight is 431 g/mol. The van der Waals surface area contributed by atoms with E-state index in [0.717, 1.165) is 39.0 Å². The number of methoxy groups -OCH3 is 1. The number of rotatable bonds is 6. The Morgan fingerprint density at radius 1 is 1.06 bits per heavy atom. The van der Waals surface area contributed by atoms with Gasteiger partial charge in [-0.2, -0.15) is 5.10 Å². The van der Waals surface area contributed by atoms with Crippen LogP contribution in [0.2, 0.25) is 5.02 Å². The highest BCUT2D eigenvalue weighted by atomic mass is 35.5. The number of nitrogens with zero attached hydrogens (tertiary/aromatic N) is 2. The maximum absolute atomic E-state index is 12.7. The SMILES string of the molecule is COc1ccc(/C=C/C(=O)c2ccc3ccccc3c2)cc1Cn1nc(C)c(Cl)c1C. The lowest BCUT2D eigenvalue weighted by Gasteiger charge is -2.11. The van der Waals surface area contributed by atoms with Crippen molar-refractivity contribution in [2.75, 3.05) is 7.11 Å².